The summed E-state index contributed by atoms with van der Waals surface area (Å²) in [7, 11) is -3.51. The summed E-state index contributed by atoms with van der Waals surface area (Å²) in [5.74, 6) is -0.339. The van der Waals surface area contributed by atoms with Crippen LogP contribution in [0.3, 0.4) is 0 Å². The van der Waals surface area contributed by atoms with Gasteiger partial charge in [-0.2, -0.15) is 0 Å². The van der Waals surface area contributed by atoms with E-state index in [0.29, 0.717) is 31.2 Å². The molecular weight excluding hydrogens is 474 g/mol. The molecule has 4 rings (SSSR count). The zero-order chi connectivity index (χ0) is 22.0. The highest BCUT2D eigenvalue weighted by molar-refractivity contribution is 7.98. The molecule has 0 bridgehead atoms. The monoisotopic (exact) mass is 495 g/mol. The first kappa shape index (κ1) is 22.4. The molecule has 1 aliphatic heterocycles. The molecule has 1 amide bonds. The van der Waals surface area contributed by atoms with Gasteiger partial charge in [0, 0.05) is 42.5 Å². The van der Waals surface area contributed by atoms with Crippen LogP contribution in [0.15, 0.2) is 52.3 Å². The summed E-state index contributed by atoms with van der Waals surface area (Å²) in [6, 6.07) is 12.2. The number of nitrogens with zero attached hydrogens (tertiary/aromatic N) is 3. The van der Waals surface area contributed by atoms with Crippen LogP contribution in [0.2, 0.25) is 5.02 Å². The zero-order valence-electron chi connectivity index (χ0n) is 17.0. The van der Waals surface area contributed by atoms with E-state index in [1.807, 2.05) is 12.3 Å². The normalized spacial score (nSPS) is 14.9. The van der Waals surface area contributed by atoms with Crippen LogP contribution in [-0.2, 0) is 14.6 Å². The third-order valence-electron chi connectivity index (χ3n) is 5.25. The minimum absolute atomic E-state index is 0.0246. The Morgan fingerprint density at radius 3 is 2.52 bits per heavy atom. The molecule has 2 aromatic carbocycles. The minimum atomic E-state index is -3.51. The number of fused-ring (bicyclic) bond motifs is 1. The van der Waals surface area contributed by atoms with Crippen LogP contribution in [0.5, 0.6) is 0 Å². The molecule has 2 heterocycles. The van der Waals surface area contributed by atoms with Gasteiger partial charge in [0.25, 0.3) is 0 Å². The first-order valence-electron chi connectivity index (χ1n) is 9.82. The Bertz CT molecular complexity index is 1190. The molecule has 1 fully saturated rings. The number of sulfone groups is 1. The van der Waals surface area contributed by atoms with Crippen LogP contribution >= 0.6 is 34.7 Å². The van der Waals surface area contributed by atoms with Crippen LogP contribution < -0.4 is 4.90 Å². The molecule has 0 unspecified atom stereocenters. The standard InChI is InChI=1S/C21H22ClN3O3S3/c1-29-17-3-2-4-18-20(17)23-21(30-18)25-12-10-24(11-13-25)19(26)9-14-31(27,28)16-7-5-15(22)6-8-16/h2-8H,9-14H2,1H3. The number of rotatable bonds is 6. The average molecular weight is 496 g/mol. The number of piperazine rings is 1. The van der Waals surface area contributed by atoms with E-state index in [0.717, 1.165) is 20.2 Å². The number of carbonyl (C=O) groups excluding carboxylic acids is 1. The number of benzene rings is 2. The van der Waals surface area contributed by atoms with Gasteiger partial charge in [-0.3, -0.25) is 4.79 Å². The molecule has 1 aromatic heterocycles. The Morgan fingerprint density at radius 2 is 1.84 bits per heavy atom. The topological polar surface area (TPSA) is 70.6 Å². The van der Waals surface area contributed by atoms with Crippen molar-refractivity contribution in [1.29, 1.82) is 0 Å². The van der Waals surface area contributed by atoms with Gasteiger partial charge in [0.15, 0.2) is 15.0 Å². The number of carbonyl (C=O) groups is 1. The largest absolute Gasteiger partial charge is 0.345 e. The van der Waals surface area contributed by atoms with Crippen molar-refractivity contribution in [3.8, 4) is 0 Å². The maximum absolute atomic E-state index is 12.6. The Morgan fingerprint density at radius 1 is 1.13 bits per heavy atom. The van der Waals surface area contributed by atoms with Gasteiger partial charge in [-0.15, -0.1) is 11.8 Å². The van der Waals surface area contributed by atoms with Crippen molar-refractivity contribution in [2.75, 3.05) is 43.1 Å². The zero-order valence-corrected chi connectivity index (χ0v) is 20.2. The number of para-hydroxylation sites is 1. The van der Waals surface area contributed by atoms with Crippen molar-refractivity contribution < 1.29 is 13.2 Å². The molecule has 0 spiro atoms. The summed E-state index contributed by atoms with van der Waals surface area (Å²) in [6.45, 7) is 2.49. The molecular formula is C21H22ClN3O3S3. The number of aromatic nitrogens is 1. The maximum Gasteiger partial charge on any atom is 0.223 e. The summed E-state index contributed by atoms with van der Waals surface area (Å²) in [5, 5.41) is 1.44. The second-order valence-electron chi connectivity index (χ2n) is 7.19. The molecule has 3 aromatic rings. The first-order valence-corrected chi connectivity index (χ1v) is 13.9. The van der Waals surface area contributed by atoms with Crippen LogP contribution in [0.4, 0.5) is 5.13 Å². The fourth-order valence-electron chi connectivity index (χ4n) is 3.50. The fraction of sp³-hybridized carbons (Fsp3) is 0.333. The van der Waals surface area contributed by atoms with Crippen molar-refractivity contribution in [1.82, 2.24) is 9.88 Å². The van der Waals surface area contributed by atoms with E-state index in [1.165, 1.54) is 12.1 Å². The van der Waals surface area contributed by atoms with Gasteiger partial charge in [0.1, 0.15) is 0 Å². The molecule has 0 aliphatic carbocycles. The predicted octanol–water partition coefficient (Wildman–Crippen LogP) is 4.18. The summed E-state index contributed by atoms with van der Waals surface area (Å²) in [6.07, 6.45) is 2.02. The lowest BCUT2D eigenvalue weighted by atomic mass is 10.3. The summed E-state index contributed by atoms with van der Waals surface area (Å²) >= 11 is 9.17. The molecule has 31 heavy (non-hydrogen) atoms. The van der Waals surface area contributed by atoms with Crippen molar-refractivity contribution in [3.63, 3.8) is 0 Å². The molecule has 0 atom stereocenters. The van der Waals surface area contributed by atoms with E-state index >= 15 is 0 Å². The van der Waals surface area contributed by atoms with Crippen molar-refractivity contribution in [2.24, 2.45) is 0 Å². The molecule has 164 valence electrons. The summed E-state index contributed by atoms with van der Waals surface area (Å²) in [4.78, 5) is 22.7. The van der Waals surface area contributed by atoms with Gasteiger partial charge in [0.2, 0.25) is 5.91 Å². The van der Waals surface area contributed by atoms with E-state index in [-0.39, 0.29) is 23.0 Å². The number of thioether (sulfide) groups is 1. The quantitative estimate of drug-likeness (QED) is 0.478. The number of amides is 1. The van der Waals surface area contributed by atoms with Crippen molar-refractivity contribution in [2.45, 2.75) is 16.2 Å². The van der Waals surface area contributed by atoms with E-state index in [2.05, 4.69) is 17.0 Å². The van der Waals surface area contributed by atoms with Crippen molar-refractivity contribution in [3.05, 3.63) is 47.5 Å². The molecule has 10 heteroatoms. The van der Waals surface area contributed by atoms with Crippen LogP contribution in [-0.4, -0.2) is 62.4 Å². The number of hydrogen-bond acceptors (Lipinski definition) is 7. The summed E-state index contributed by atoms with van der Waals surface area (Å²) < 4.78 is 26.1. The highest BCUT2D eigenvalue weighted by Gasteiger charge is 2.25. The molecule has 0 saturated carbocycles. The molecule has 6 nitrogen and oxygen atoms in total. The van der Waals surface area contributed by atoms with Gasteiger partial charge in [-0.05, 0) is 42.7 Å². The van der Waals surface area contributed by atoms with Gasteiger partial charge in [-0.1, -0.05) is 29.0 Å². The Balaban J connectivity index is 1.34. The maximum atomic E-state index is 12.6. The molecule has 1 saturated heterocycles. The van der Waals surface area contributed by atoms with E-state index in [1.54, 1.807) is 40.1 Å². The van der Waals surface area contributed by atoms with Crippen LogP contribution in [0, 0.1) is 0 Å². The lowest BCUT2D eigenvalue weighted by Crippen LogP contribution is -2.49. The molecule has 1 aliphatic rings. The van der Waals surface area contributed by atoms with E-state index in [9.17, 15) is 13.2 Å². The molecule has 0 N–H and O–H groups in total. The number of thiazole rings is 1. The van der Waals surface area contributed by atoms with Gasteiger partial charge >= 0.3 is 0 Å². The Hall–Kier alpha value is -1.81. The lowest BCUT2D eigenvalue weighted by molar-refractivity contribution is -0.131. The van der Waals surface area contributed by atoms with Gasteiger partial charge < -0.3 is 9.80 Å². The van der Waals surface area contributed by atoms with Crippen molar-refractivity contribution >= 4 is 65.8 Å². The van der Waals surface area contributed by atoms with Crippen LogP contribution in [0.1, 0.15) is 6.42 Å². The van der Waals surface area contributed by atoms with Gasteiger partial charge in [-0.25, -0.2) is 13.4 Å². The minimum Gasteiger partial charge on any atom is -0.345 e. The Kier molecular flexibility index (Phi) is 6.76. The number of anilines is 1. The third kappa shape index (κ3) is 5.00. The van der Waals surface area contributed by atoms with Crippen LogP contribution in [0.25, 0.3) is 10.2 Å². The van der Waals surface area contributed by atoms with E-state index in [4.69, 9.17) is 16.6 Å². The van der Waals surface area contributed by atoms with E-state index < -0.39 is 9.84 Å². The summed E-state index contributed by atoms with van der Waals surface area (Å²) in [5.41, 5.74) is 1.03. The molecule has 0 radical (unpaired) electrons. The van der Waals surface area contributed by atoms with Gasteiger partial charge in [0.05, 0.1) is 20.9 Å². The highest BCUT2D eigenvalue weighted by atomic mass is 35.5. The average Bonchev–Trinajstić information content (AvgIpc) is 3.22. The smallest absolute Gasteiger partial charge is 0.223 e. The Labute approximate surface area is 195 Å². The number of hydrogen-bond donors (Lipinski definition) is 0. The second kappa shape index (κ2) is 9.36. The second-order valence-corrected chi connectivity index (χ2v) is 11.6. The first-order chi connectivity index (χ1) is 14.9. The highest BCUT2D eigenvalue weighted by Crippen LogP contribution is 2.34. The third-order valence-corrected chi connectivity index (χ3v) is 9.09. The SMILES string of the molecule is CSc1cccc2sc(N3CCN(C(=O)CCS(=O)(=O)c4ccc(Cl)cc4)CC3)nc12. The number of halogens is 1. The lowest BCUT2D eigenvalue weighted by Gasteiger charge is -2.34. The predicted molar refractivity (Wildman–Crippen MR) is 128 cm³/mol. The fourth-order valence-corrected chi connectivity index (χ4v) is 6.53.